The minimum Gasteiger partial charge on any atom is -0.387 e. The summed E-state index contributed by atoms with van der Waals surface area (Å²) in [6.45, 7) is 0.645. The van der Waals surface area contributed by atoms with Crippen LogP contribution in [0.2, 0.25) is 0 Å². The van der Waals surface area contributed by atoms with Gasteiger partial charge in [-0.15, -0.1) is 0 Å². The highest BCUT2D eigenvalue weighted by molar-refractivity contribution is 5.81. The normalized spacial score (nSPS) is 21.9. The molecule has 8 atom stereocenters. The molecule has 8 unspecified atom stereocenters. The molecule has 0 aliphatic rings. The van der Waals surface area contributed by atoms with Gasteiger partial charge in [0.25, 0.3) is 0 Å². The molecule has 0 heterocycles. The smallest absolute Gasteiger partial charge is 0.387 e. The molecule has 12 nitrogen and oxygen atoms in total. The van der Waals surface area contributed by atoms with Crippen LogP contribution in [0.4, 0.5) is 0 Å². The Labute approximate surface area is 128 Å². The summed E-state index contributed by atoms with van der Waals surface area (Å²) in [6.07, 6.45) is -18.3. The first-order chi connectivity index (χ1) is 10.6. The van der Waals surface area contributed by atoms with Gasteiger partial charge in [-0.3, -0.25) is 4.79 Å². The lowest BCUT2D eigenvalue weighted by Crippen LogP contribution is -2.57. The van der Waals surface area contributed by atoms with Gasteiger partial charge in [-0.25, -0.2) is 9.59 Å². The third-order valence-electron chi connectivity index (χ3n) is 2.90. The summed E-state index contributed by atoms with van der Waals surface area (Å²) in [5, 5.41) is 74.8. The Bertz CT molecular complexity index is 400. The van der Waals surface area contributed by atoms with E-state index >= 15 is 0 Å². The minimum atomic E-state index is -2.51. The van der Waals surface area contributed by atoms with Crippen molar-refractivity contribution in [3.63, 3.8) is 0 Å². The van der Waals surface area contributed by atoms with Gasteiger partial charge in [-0.1, -0.05) is 0 Å². The predicted molar refractivity (Wildman–Crippen MR) is 65.5 cm³/mol. The molecule has 12 heteroatoms. The van der Waals surface area contributed by atoms with Crippen molar-refractivity contribution in [2.75, 3.05) is 0 Å². The van der Waals surface area contributed by atoms with Crippen LogP contribution in [0.5, 0.6) is 0 Å². The third-order valence-corrected chi connectivity index (χ3v) is 2.90. The Hall–Kier alpha value is -1.51. The van der Waals surface area contributed by atoms with Crippen molar-refractivity contribution < 1.29 is 60.0 Å². The van der Waals surface area contributed by atoms with Crippen LogP contribution < -0.4 is 0 Å². The van der Waals surface area contributed by atoms with Crippen LogP contribution in [0.3, 0.4) is 0 Å². The molecule has 0 fully saturated rings. The second-order valence-corrected chi connectivity index (χ2v) is 4.46. The van der Waals surface area contributed by atoms with E-state index in [0.29, 0.717) is 6.47 Å². The summed E-state index contributed by atoms with van der Waals surface area (Å²) in [7, 11) is 0. The van der Waals surface area contributed by atoms with Crippen molar-refractivity contribution in [1.82, 2.24) is 0 Å². The van der Waals surface area contributed by atoms with E-state index in [4.69, 9.17) is 5.11 Å². The fraction of sp³-hybridized carbons (Fsp3) is 0.727. The molecule has 0 amide bonds. The first-order valence-electron chi connectivity index (χ1n) is 6.00. The molecule has 0 aromatic rings. The van der Waals surface area contributed by atoms with Crippen molar-refractivity contribution in [2.45, 2.75) is 48.8 Å². The Morgan fingerprint density at radius 2 is 1.09 bits per heavy atom. The number of hydrogen-bond donors (Lipinski definition) is 8. The zero-order valence-electron chi connectivity index (χ0n) is 11.3. The average molecular weight is 340 g/mol. The molecule has 0 saturated heterocycles. The van der Waals surface area contributed by atoms with Crippen LogP contribution in [0.1, 0.15) is 0 Å². The van der Waals surface area contributed by atoms with Crippen molar-refractivity contribution in [3.8, 4) is 0 Å². The van der Waals surface area contributed by atoms with Gasteiger partial charge in [0.1, 0.15) is 42.7 Å². The lowest BCUT2D eigenvalue weighted by atomic mass is 9.93. The highest BCUT2D eigenvalue weighted by Crippen LogP contribution is 2.14. The highest BCUT2D eigenvalue weighted by atomic mass is 16.6. The zero-order chi connectivity index (χ0) is 18.3. The van der Waals surface area contributed by atoms with Gasteiger partial charge in [0.15, 0.2) is 6.10 Å². The SMILES string of the molecule is O=[C]OC(=O)C(O)C(O)C(O)C(O)C(O)C(O)C(O)C(O)[C]=O. The number of carbonyl (C=O) groups excluding carboxylic acids is 3. The molecular weight excluding hydrogens is 324 g/mol. The van der Waals surface area contributed by atoms with Gasteiger partial charge in [-0.05, 0) is 0 Å². The fourth-order valence-corrected chi connectivity index (χ4v) is 1.49. The topological polar surface area (TPSA) is 222 Å². The second-order valence-electron chi connectivity index (χ2n) is 4.46. The standard InChI is InChI=1S/C11H16O12/c12-1-3(14)4(15)5(16)6(17)7(18)8(19)9(20)10(21)11(22)23-2-13/h3-10,14-21H. The summed E-state index contributed by atoms with van der Waals surface area (Å²) >= 11 is 0. The van der Waals surface area contributed by atoms with Crippen molar-refractivity contribution in [1.29, 1.82) is 0 Å². The molecule has 0 rings (SSSR count). The molecule has 2 radical (unpaired) electrons. The lowest BCUT2D eigenvalue weighted by Gasteiger charge is -2.32. The van der Waals surface area contributed by atoms with Crippen LogP contribution in [0, 0.1) is 0 Å². The third kappa shape index (κ3) is 5.56. The number of aliphatic hydroxyl groups excluding tert-OH is 8. The largest absolute Gasteiger partial charge is 0.425 e. The number of esters is 1. The molecule has 0 aliphatic carbocycles. The maximum Gasteiger partial charge on any atom is 0.425 e. The van der Waals surface area contributed by atoms with Crippen LogP contribution in [-0.4, -0.2) is 108 Å². The van der Waals surface area contributed by atoms with E-state index in [9.17, 15) is 50.1 Å². The molecule has 0 bridgehead atoms. The number of carbonyl (C=O) groups is 1. The van der Waals surface area contributed by atoms with E-state index in [-0.39, 0.29) is 0 Å². The van der Waals surface area contributed by atoms with E-state index in [0.717, 1.165) is 6.29 Å². The molecule has 0 aromatic heterocycles. The summed E-state index contributed by atoms with van der Waals surface area (Å²) < 4.78 is 3.57. The van der Waals surface area contributed by atoms with Crippen LogP contribution in [-0.2, 0) is 19.1 Å². The van der Waals surface area contributed by atoms with E-state index < -0.39 is 54.8 Å². The van der Waals surface area contributed by atoms with E-state index in [1.165, 1.54) is 0 Å². The molecule has 0 spiro atoms. The first kappa shape index (κ1) is 21.5. The Kier molecular flexibility index (Phi) is 8.96. The second kappa shape index (κ2) is 9.59. The molecule has 0 aromatic carbocycles. The van der Waals surface area contributed by atoms with Gasteiger partial charge in [0, 0.05) is 0 Å². The molecule has 0 saturated carbocycles. The number of aliphatic hydroxyl groups is 8. The van der Waals surface area contributed by atoms with Crippen molar-refractivity contribution in [2.24, 2.45) is 0 Å². The van der Waals surface area contributed by atoms with Crippen molar-refractivity contribution >= 4 is 18.7 Å². The van der Waals surface area contributed by atoms with Gasteiger partial charge >= 0.3 is 12.4 Å². The monoisotopic (exact) mass is 340 g/mol. The van der Waals surface area contributed by atoms with Gasteiger partial charge < -0.3 is 45.6 Å². The van der Waals surface area contributed by atoms with Crippen molar-refractivity contribution in [3.05, 3.63) is 0 Å². The first-order valence-corrected chi connectivity index (χ1v) is 6.00. The Morgan fingerprint density at radius 3 is 1.48 bits per heavy atom. The van der Waals surface area contributed by atoms with Gasteiger partial charge in [-0.2, -0.15) is 0 Å². The lowest BCUT2D eigenvalue weighted by molar-refractivity contribution is -0.181. The number of hydrogen-bond acceptors (Lipinski definition) is 12. The molecule has 0 aliphatic heterocycles. The summed E-state index contributed by atoms with van der Waals surface area (Å²) in [4.78, 5) is 30.8. The Morgan fingerprint density at radius 1 is 0.696 bits per heavy atom. The molecule has 132 valence electrons. The highest BCUT2D eigenvalue weighted by Gasteiger charge is 2.42. The van der Waals surface area contributed by atoms with E-state index in [1.54, 1.807) is 0 Å². The average Bonchev–Trinajstić information content (AvgIpc) is 2.56. The molecular formula is C11H16O12. The number of ether oxygens (including phenoxy) is 1. The fourth-order valence-electron chi connectivity index (χ4n) is 1.49. The van der Waals surface area contributed by atoms with Crippen LogP contribution in [0.15, 0.2) is 0 Å². The van der Waals surface area contributed by atoms with E-state index in [1.807, 2.05) is 0 Å². The minimum absolute atomic E-state index is 0.645. The zero-order valence-corrected chi connectivity index (χ0v) is 11.3. The van der Waals surface area contributed by atoms with E-state index in [2.05, 4.69) is 4.74 Å². The summed E-state index contributed by atoms with van der Waals surface area (Å²) in [5.74, 6) is -1.72. The summed E-state index contributed by atoms with van der Waals surface area (Å²) in [6, 6.07) is 0. The molecule has 8 N–H and O–H groups in total. The summed E-state index contributed by atoms with van der Waals surface area (Å²) in [5.41, 5.74) is 0. The number of rotatable bonds is 10. The Balaban J connectivity index is 4.91. The van der Waals surface area contributed by atoms with Crippen LogP contribution in [0.25, 0.3) is 0 Å². The molecule has 23 heavy (non-hydrogen) atoms. The van der Waals surface area contributed by atoms with Crippen LogP contribution >= 0.6 is 0 Å². The maximum absolute atomic E-state index is 10.9. The predicted octanol–water partition coefficient (Wildman–Crippen LogP) is -6.41. The quantitative estimate of drug-likeness (QED) is 0.137. The maximum atomic E-state index is 10.9. The van der Waals surface area contributed by atoms with Gasteiger partial charge in [0.2, 0.25) is 6.29 Å². The van der Waals surface area contributed by atoms with Gasteiger partial charge in [0.05, 0.1) is 0 Å².